The molecule has 3 heterocycles. The fourth-order valence-electron chi connectivity index (χ4n) is 8.32. The van der Waals surface area contributed by atoms with Crippen LogP contribution < -0.4 is 30.5 Å². The van der Waals surface area contributed by atoms with E-state index < -0.39 is 17.8 Å². The first-order valence-electron chi connectivity index (χ1n) is 18.4. The zero-order valence-electron chi connectivity index (χ0n) is 30.5. The molecule has 0 aromatic heterocycles. The summed E-state index contributed by atoms with van der Waals surface area (Å²) < 4.78 is 2.31. The highest BCUT2D eigenvalue weighted by Crippen LogP contribution is 2.44. The molecule has 1 N–H and O–H groups in total. The Hall–Kier alpha value is -5.25. The van der Waals surface area contributed by atoms with Gasteiger partial charge in [-0.25, -0.2) is 9.37 Å². The van der Waals surface area contributed by atoms with Gasteiger partial charge < -0.3 is 25.0 Å². The van der Waals surface area contributed by atoms with Crippen molar-refractivity contribution in [3.8, 4) is 0 Å². The Labute approximate surface area is 304 Å². The van der Waals surface area contributed by atoms with Crippen molar-refractivity contribution in [2.45, 2.75) is 77.0 Å². The first-order valence-corrected chi connectivity index (χ1v) is 18.4. The molecule has 0 bridgehead atoms. The third-order valence-electron chi connectivity index (χ3n) is 11.2. The van der Waals surface area contributed by atoms with E-state index in [-0.39, 0.29) is 41.8 Å². The van der Waals surface area contributed by atoms with Crippen LogP contribution in [0.4, 0.5) is 5.69 Å². The Bertz CT molecular complexity index is 2170. The zero-order valence-corrected chi connectivity index (χ0v) is 30.5. The number of nitrogens with one attached hydrogen (secondary N) is 1. The predicted octanol–water partition coefficient (Wildman–Crippen LogP) is 2.88. The summed E-state index contributed by atoms with van der Waals surface area (Å²) in [6.07, 6.45) is 5.73. The molecule has 3 aromatic rings. The fraction of sp³-hybridized carbons (Fsp3) is 0.405. The lowest BCUT2D eigenvalue weighted by atomic mass is 9.67. The minimum Gasteiger partial charge on any atom is -0.545 e. The van der Waals surface area contributed by atoms with Gasteiger partial charge in [-0.15, -0.1) is 5.06 Å². The lowest BCUT2D eigenvalue weighted by Crippen LogP contribution is -2.42. The summed E-state index contributed by atoms with van der Waals surface area (Å²) in [5, 5.41) is 19.0. The van der Waals surface area contributed by atoms with Crippen LogP contribution in [0.3, 0.4) is 0 Å². The molecule has 0 saturated carbocycles. The Morgan fingerprint density at radius 3 is 2.50 bits per heavy atom. The smallest absolute Gasteiger partial charge is 0.333 e. The monoisotopic (exact) mass is 702 g/mol. The van der Waals surface area contributed by atoms with Gasteiger partial charge >= 0.3 is 5.97 Å². The Morgan fingerprint density at radius 1 is 0.962 bits per heavy atom. The number of hydrogen-bond donors (Lipinski definition) is 1. The number of benzene rings is 3. The number of allylic oxidation sites excluding steroid dienone is 1. The van der Waals surface area contributed by atoms with E-state index in [4.69, 9.17) is 4.84 Å². The minimum atomic E-state index is -1.35. The molecular weight excluding hydrogens is 656 g/mol. The highest BCUT2D eigenvalue weighted by Gasteiger charge is 2.37. The van der Waals surface area contributed by atoms with Gasteiger partial charge in [-0.2, -0.15) is 0 Å². The van der Waals surface area contributed by atoms with Crippen molar-refractivity contribution in [1.29, 1.82) is 0 Å². The van der Waals surface area contributed by atoms with E-state index in [1.165, 1.54) is 28.2 Å². The molecule has 3 aliphatic heterocycles. The molecule has 0 unspecified atom stereocenters. The Morgan fingerprint density at radius 2 is 1.75 bits per heavy atom. The number of carbonyl (C=O) groups excluding carboxylic acids is 4. The van der Waals surface area contributed by atoms with Gasteiger partial charge in [0.1, 0.15) is 13.6 Å². The standard InChI is InChI=1S/C42H46N4O6/c1-25-13-16-37(47)46(25)52-38(48)12-6-7-17-43-40(49)28-14-15-29(30(22-28)41(50)51)39-31-20-26-10-8-18-44(4)35(26)23-33(31)42(2,3)34-24-36-27(21-32(34)39)11-9-19-45(36)5/h14-15,20-24H,1,6-13,16-19H2,2-5H3,(H-,43,49,50,51). The first kappa shape index (κ1) is 35.2. The highest BCUT2D eigenvalue weighted by molar-refractivity contribution is 6.02. The van der Waals surface area contributed by atoms with E-state index >= 15 is 0 Å². The van der Waals surface area contributed by atoms with Gasteiger partial charge in [-0.1, -0.05) is 26.5 Å². The van der Waals surface area contributed by atoms with Crippen LogP contribution in [0, 0.1) is 0 Å². The van der Waals surface area contributed by atoms with Crippen LogP contribution in [-0.2, 0) is 32.7 Å². The van der Waals surface area contributed by atoms with Crippen molar-refractivity contribution in [3.05, 3.63) is 110 Å². The normalized spacial score (nSPS) is 17.3. The van der Waals surface area contributed by atoms with E-state index in [1.807, 2.05) is 0 Å². The van der Waals surface area contributed by atoms with Crippen LogP contribution in [0.2, 0.25) is 0 Å². The lowest BCUT2D eigenvalue weighted by molar-refractivity contribution is -0.255. The Balaban J connectivity index is 1.21. The van der Waals surface area contributed by atoms with E-state index in [9.17, 15) is 24.3 Å². The van der Waals surface area contributed by atoms with E-state index in [2.05, 4.69) is 73.6 Å². The number of carboxylic acid groups (broad SMARTS) is 1. The molecule has 1 aliphatic carbocycles. The number of hydrogen-bond acceptors (Lipinski definition) is 7. The molecule has 3 aromatic carbocycles. The summed E-state index contributed by atoms with van der Waals surface area (Å²) in [6.45, 7) is 10.5. The number of aromatic carboxylic acids is 1. The van der Waals surface area contributed by atoms with Crippen molar-refractivity contribution < 1.29 is 29.1 Å². The zero-order chi connectivity index (χ0) is 36.9. The highest BCUT2D eigenvalue weighted by atomic mass is 16.7. The molecule has 2 amide bonds. The molecule has 1 fully saturated rings. The van der Waals surface area contributed by atoms with Gasteiger partial charge in [0, 0.05) is 73.3 Å². The second-order valence-corrected chi connectivity index (χ2v) is 15.1. The second-order valence-electron chi connectivity index (χ2n) is 15.1. The number of aryl methyl sites for hydroxylation is 2. The number of amides is 2. The van der Waals surface area contributed by atoms with Crippen LogP contribution in [0.25, 0.3) is 5.57 Å². The molecule has 270 valence electrons. The number of unbranched alkanes of at least 4 members (excludes halogenated alkanes) is 1. The number of rotatable bonds is 9. The molecule has 0 atom stereocenters. The van der Waals surface area contributed by atoms with Gasteiger partial charge in [0.05, 0.1) is 11.7 Å². The molecule has 1 saturated heterocycles. The average Bonchev–Trinajstić information content (AvgIpc) is 3.43. The average molecular weight is 703 g/mol. The molecule has 0 radical (unpaired) electrons. The van der Waals surface area contributed by atoms with Crippen LogP contribution in [0.15, 0.2) is 54.7 Å². The van der Waals surface area contributed by atoms with Crippen molar-refractivity contribution in [2.24, 2.45) is 0 Å². The van der Waals surface area contributed by atoms with Crippen LogP contribution in [0.5, 0.6) is 0 Å². The van der Waals surface area contributed by atoms with Crippen molar-refractivity contribution in [3.63, 3.8) is 0 Å². The summed E-state index contributed by atoms with van der Waals surface area (Å²) in [6, 6.07) is 14.0. The number of anilines is 1. The largest absolute Gasteiger partial charge is 0.545 e. The first-order chi connectivity index (χ1) is 24.8. The molecule has 52 heavy (non-hydrogen) atoms. The Kier molecular flexibility index (Phi) is 9.27. The summed E-state index contributed by atoms with van der Waals surface area (Å²) >= 11 is 0. The predicted molar refractivity (Wildman–Crippen MR) is 196 cm³/mol. The summed E-state index contributed by atoms with van der Waals surface area (Å²) in [5.41, 5.74) is 8.69. The number of fused-ring (bicyclic) bond motifs is 4. The lowest BCUT2D eigenvalue weighted by Gasteiger charge is -2.38. The fourth-order valence-corrected chi connectivity index (χ4v) is 8.32. The summed E-state index contributed by atoms with van der Waals surface area (Å²) in [5.74, 6) is -2.59. The topological polar surface area (TPSA) is 122 Å². The maximum Gasteiger partial charge on any atom is 0.333 e. The number of carboxylic acids is 1. The molecule has 10 heteroatoms. The third-order valence-corrected chi connectivity index (χ3v) is 11.2. The van der Waals surface area contributed by atoms with Crippen molar-refractivity contribution in [2.75, 3.05) is 38.6 Å². The summed E-state index contributed by atoms with van der Waals surface area (Å²) in [4.78, 5) is 57.7. The van der Waals surface area contributed by atoms with Gasteiger partial charge in [-0.3, -0.25) is 9.59 Å². The van der Waals surface area contributed by atoms with Crippen molar-refractivity contribution >= 4 is 35.0 Å². The quantitative estimate of drug-likeness (QED) is 0.269. The molecule has 10 nitrogen and oxygen atoms in total. The maximum atomic E-state index is 13.3. The molecule has 0 spiro atoms. The number of nitrogens with zero attached hydrogens (tertiary/aromatic N) is 3. The molecule has 4 aliphatic rings. The van der Waals surface area contributed by atoms with Crippen LogP contribution in [-0.4, -0.2) is 62.5 Å². The second kappa shape index (κ2) is 13.7. The van der Waals surface area contributed by atoms with Gasteiger partial charge in [0.2, 0.25) is 5.36 Å². The van der Waals surface area contributed by atoms with Gasteiger partial charge in [-0.05, 0) is 107 Å². The van der Waals surface area contributed by atoms with E-state index in [0.29, 0.717) is 30.5 Å². The van der Waals surface area contributed by atoms with Gasteiger partial charge in [0.15, 0.2) is 0 Å². The molecule has 7 rings (SSSR count). The van der Waals surface area contributed by atoms with Crippen LogP contribution in [0.1, 0.15) is 113 Å². The van der Waals surface area contributed by atoms with E-state index in [1.54, 1.807) is 12.1 Å². The third kappa shape index (κ3) is 6.28. The number of carbonyl (C=O) groups is 4. The maximum absolute atomic E-state index is 13.3. The van der Waals surface area contributed by atoms with E-state index in [0.717, 1.165) is 71.3 Å². The minimum absolute atomic E-state index is 0.0373. The van der Waals surface area contributed by atoms with Crippen molar-refractivity contribution in [1.82, 2.24) is 15.0 Å². The number of hydroxylamine groups is 2. The van der Waals surface area contributed by atoms with Gasteiger partial charge in [0.25, 0.3) is 11.8 Å². The molecular formula is C42H46N4O6. The SMILES string of the molecule is C=C1CCC(=O)N1OC(=O)CCCCNC(=O)c1ccc(C2=c3cc4c(cc3C(C)(C)c3cc5c(cc32)CCCN5C)=[N+](C)CCC4)c(C(=O)[O-])c1. The summed E-state index contributed by atoms with van der Waals surface area (Å²) in [7, 11) is 4.26. The van der Waals surface area contributed by atoms with Crippen LogP contribution >= 0.6 is 0 Å².